The molecule has 0 radical (unpaired) electrons. The number of hydrogen-bond acceptors (Lipinski definition) is 5. The third kappa shape index (κ3) is 4.94. The second-order valence-corrected chi connectivity index (χ2v) is 9.67. The Kier molecular flexibility index (Phi) is 6.49. The molecular weight excluding hydrogens is 457 g/mol. The van der Waals surface area contributed by atoms with Gasteiger partial charge in [-0.2, -0.15) is 13.2 Å². The number of alkyl halides is 3. The number of anilines is 1. The number of halogens is 4. The van der Waals surface area contributed by atoms with Gasteiger partial charge in [0.2, 0.25) is 10.0 Å². The molecule has 3 rings (SSSR count). The quantitative estimate of drug-likeness (QED) is 0.678. The van der Waals surface area contributed by atoms with E-state index >= 15 is 0 Å². The first-order valence-electron chi connectivity index (χ1n) is 9.21. The van der Waals surface area contributed by atoms with Gasteiger partial charge in [-0.25, -0.2) is 17.7 Å². The summed E-state index contributed by atoms with van der Waals surface area (Å²) < 4.78 is 63.8. The molecule has 168 valence electrons. The van der Waals surface area contributed by atoms with Gasteiger partial charge in [0.25, 0.3) is 5.91 Å². The van der Waals surface area contributed by atoms with Crippen molar-refractivity contribution in [3.63, 3.8) is 0 Å². The third-order valence-electron chi connectivity index (χ3n) is 4.91. The molecule has 2 aromatic rings. The number of aromatic nitrogens is 1. The van der Waals surface area contributed by atoms with E-state index in [2.05, 4.69) is 4.98 Å². The van der Waals surface area contributed by atoms with Crippen molar-refractivity contribution in [2.24, 2.45) is 0 Å². The van der Waals surface area contributed by atoms with Crippen molar-refractivity contribution in [2.45, 2.75) is 11.1 Å². The number of amides is 1. The van der Waals surface area contributed by atoms with Crippen molar-refractivity contribution in [1.82, 2.24) is 14.2 Å². The number of carbonyl (C=O) groups is 1. The van der Waals surface area contributed by atoms with E-state index in [1.165, 1.54) is 43.3 Å². The molecular formula is C19H20ClF3N4O3S. The van der Waals surface area contributed by atoms with Crippen molar-refractivity contribution in [2.75, 3.05) is 45.2 Å². The summed E-state index contributed by atoms with van der Waals surface area (Å²) in [7, 11) is -0.954. The Morgan fingerprint density at radius 1 is 1.10 bits per heavy atom. The van der Waals surface area contributed by atoms with E-state index < -0.39 is 27.7 Å². The van der Waals surface area contributed by atoms with Gasteiger partial charge in [-0.3, -0.25) is 4.79 Å². The molecule has 31 heavy (non-hydrogen) atoms. The summed E-state index contributed by atoms with van der Waals surface area (Å²) in [6.45, 7) is 1.28. The van der Waals surface area contributed by atoms with E-state index in [1.807, 2.05) is 0 Å². The summed E-state index contributed by atoms with van der Waals surface area (Å²) in [5.41, 5.74) is -0.752. The number of hydrogen-bond donors (Lipinski definition) is 0. The molecule has 1 amide bonds. The summed E-state index contributed by atoms with van der Waals surface area (Å²) in [6.07, 6.45) is -3.67. The molecule has 0 aliphatic carbocycles. The van der Waals surface area contributed by atoms with Crippen LogP contribution >= 0.6 is 11.6 Å². The first-order chi connectivity index (χ1) is 14.4. The molecule has 12 heteroatoms. The number of rotatable bonds is 4. The van der Waals surface area contributed by atoms with E-state index in [4.69, 9.17) is 11.6 Å². The highest BCUT2D eigenvalue weighted by molar-refractivity contribution is 7.89. The molecule has 0 unspecified atom stereocenters. The van der Waals surface area contributed by atoms with Gasteiger partial charge in [0.15, 0.2) is 0 Å². The van der Waals surface area contributed by atoms with Crippen molar-refractivity contribution < 1.29 is 26.4 Å². The van der Waals surface area contributed by atoms with Crippen LogP contribution in [-0.2, 0) is 16.2 Å². The fourth-order valence-electron chi connectivity index (χ4n) is 3.09. The summed E-state index contributed by atoms with van der Waals surface area (Å²) in [6, 6.07) is 6.23. The molecule has 1 aliphatic heterocycles. The fourth-order valence-corrected chi connectivity index (χ4v) is 4.22. The van der Waals surface area contributed by atoms with Crippen LogP contribution in [-0.4, -0.2) is 68.8 Å². The zero-order chi connectivity index (χ0) is 23.0. The van der Waals surface area contributed by atoms with Gasteiger partial charge in [-0.15, -0.1) is 0 Å². The SMILES string of the molecule is CN(C)S(=O)(=O)c1ccc(Cl)c(C(=O)N2CCN(c3ccc(C(F)(F)F)cn3)CC2)c1. The van der Waals surface area contributed by atoms with Gasteiger partial charge in [-0.05, 0) is 30.3 Å². The Morgan fingerprint density at radius 2 is 1.74 bits per heavy atom. The molecule has 0 atom stereocenters. The zero-order valence-corrected chi connectivity index (χ0v) is 18.3. The van der Waals surface area contributed by atoms with Gasteiger partial charge < -0.3 is 9.80 Å². The highest BCUT2D eigenvalue weighted by atomic mass is 35.5. The second-order valence-electron chi connectivity index (χ2n) is 7.11. The lowest BCUT2D eigenvalue weighted by atomic mass is 10.1. The zero-order valence-electron chi connectivity index (χ0n) is 16.7. The van der Waals surface area contributed by atoms with Crippen LogP contribution in [0.2, 0.25) is 5.02 Å². The minimum atomic E-state index is -4.45. The topological polar surface area (TPSA) is 73.8 Å². The molecule has 1 aromatic heterocycles. The largest absolute Gasteiger partial charge is 0.417 e. The smallest absolute Gasteiger partial charge is 0.353 e. The summed E-state index contributed by atoms with van der Waals surface area (Å²) in [5, 5.41) is 0.134. The van der Waals surface area contributed by atoms with Crippen molar-refractivity contribution >= 4 is 33.3 Å². The van der Waals surface area contributed by atoms with Gasteiger partial charge >= 0.3 is 6.18 Å². The van der Waals surface area contributed by atoms with Crippen LogP contribution in [0, 0.1) is 0 Å². The average molecular weight is 477 g/mol. The van der Waals surface area contributed by atoms with Crippen LogP contribution in [0.1, 0.15) is 15.9 Å². The molecule has 1 aromatic carbocycles. The van der Waals surface area contributed by atoms with Crippen LogP contribution in [0.15, 0.2) is 41.4 Å². The highest BCUT2D eigenvalue weighted by Crippen LogP contribution is 2.30. The Hall–Kier alpha value is -2.37. The van der Waals surface area contributed by atoms with Gasteiger partial charge in [0, 0.05) is 46.5 Å². The number of pyridine rings is 1. The average Bonchev–Trinajstić information content (AvgIpc) is 2.73. The standard InChI is InChI=1S/C19H20ClF3N4O3S/c1-25(2)31(29,30)14-4-5-16(20)15(11-14)18(28)27-9-7-26(8-10-27)17-6-3-13(12-24-17)19(21,22)23/h3-6,11-12H,7-10H2,1-2H3. The Labute approximate surface area is 183 Å². The lowest BCUT2D eigenvalue weighted by molar-refractivity contribution is -0.137. The maximum Gasteiger partial charge on any atom is 0.417 e. The first-order valence-corrected chi connectivity index (χ1v) is 11.0. The molecule has 1 aliphatic rings. The minimum absolute atomic E-state index is 0.0437. The van der Waals surface area contributed by atoms with Crippen molar-refractivity contribution in [3.8, 4) is 0 Å². The van der Waals surface area contributed by atoms with E-state index in [0.717, 1.165) is 16.6 Å². The van der Waals surface area contributed by atoms with Crippen LogP contribution in [0.3, 0.4) is 0 Å². The Bertz CT molecular complexity index is 1070. The highest BCUT2D eigenvalue weighted by Gasteiger charge is 2.31. The fraction of sp³-hybridized carbons (Fsp3) is 0.368. The molecule has 1 fully saturated rings. The molecule has 1 saturated heterocycles. The molecule has 2 heterocycles. The Morgan fingerprint density at radius 3 is 2.26 bits per heavy atom. The van der Waals surface area contributed by atoms with Crippen molar-refractivity contribution in [3.05, 3.63) is 52.7 Å². The van der Waals surface area contributed by atoms with Crippen molar-refractivity contribution in [1.29, 1.82) is 0 Å². The van der Waals surface area contributed by atoms with Crippen LogP contribution in [0.5, 0.6) is 0 Å². The van der Waals surface area contributed by atoms with E-state index in [1.54, 1.807) is 4.90 Å². The first kappa shape index (κ1) is 23.3. The molecule has 0 bridgehead atoms. The van der Waals surface area contributed by atoms with Crippen LogP contribution in [0.25, 0.3) is 0 Å². The van der Waals surface area contributed by atoms with E-state index in [9.17, 15) is 26.4 Å². The lowest BCUT2D eigenvalue weighted by Crippen LogP contribution is -2.49. The van der Waals surface area contributed by atoms with Crippen LogP contribution < -0.4 is 4.90 Å². The minimum Gasteiger partial charge on any atom is -0.353 e. The summed E-state index contributed by atoms with van der Waals surface area (Å²) >= 11 is 6.15. The molecule has 0 N–H and O–H groups in total. The normalized spacial score (nSPS) is 15.5. The monoisotopic (exact) mass is 476 g/mol. The lowest BCUT2D eigenvalue weighted by Gasteiger charge is -2.35. The maximum atomic E-state index is 12.9. The number of piperazine rings is 1. The molecule has 7 nitrogen and oxygen atoms in total. The summed E-state index contributed by atoms with van der Waals surface area (Å²) in [4.78, 5) is 20.1. The number of benzene rings is 1. The Balaban J connectivity index is 1.72. The summed E-state index contributed by atoms with van der Waals surface area (Å²) in [5.74, 6) is -0.0296. The van der Waals surface area contributed by atoms with Crippen LogP contribution in [0.4, 0.5) is 19.0 Å². The number of sulfonamides is 1. The molecule has 0 spiro atoms. The predicted molar refractivity (Wildman–Crippen MR) is 110 cm³/mol. The van der Waals surface area contributed by atoms with Gasteiger partial charge in [-0.1, -0.05) is 11.6 Å². The van der Waals surface area contributed by atoms with E-state index in [-0.39, 0.29) is 28.6 Å². The second kappa shape index (κ2) is 8.64. The number of nitrogens with zero attached hydrogens (tertiary/aromatic N) is 4. The third-order valence-corrected chi connectivity index (χ3v) is 7.05. The predicted octanol–water partition coefficient (Wildman–Crippen LogP) is 2.97. The van der Waals surface area contributed by atoms with Gasteiger partial charge in [0.1, 0.15) is 5.82 Å². The maximum absolute atomic E-state index is 12.9. The van der Waals surface area contributed by atoms with E-state index in [0.29, 0.717) is 18.9 Å². The number of carbonyl (C=O) groups excluding carboxylic acids is 1. The molecule has 0 saturated carbocycles. The van der Waals surface area contributed by atoms with Gasteiger partial charge in [0.05, 0.1) is 21.0 Å².